The summed E-state index contributed by atoms with van der Waals surface area (Å²) in [5, 5.41) is 4.10. The van der Waals surface area contributed by atoms with Gasteiger partial charge in [-0.15, -0.1) is 5.06 Å². The summed E-state index contributed by atoms with van der Waals surface area (Å²) in [6, 6.07) is 4.59. The third-order valence-electron chi connectivity index (χ3n) is 5.70. The summed E-state index contributed by atoms with van der Waals surface area (Å²) < 4.78 is 92.3. The van der Waals surface area contributed by atoms with Crippen molar-refractivity contribution >= 4 is 6.09 Å². The Morgan fingerprint density at radius 1 is 1.09 bits per heavy atom. The Labute approximate surface area is 197 Å². The summed E-state index contributed by atoms with van der Waals surface area (Å²) in [5.74, 6) is -0.434. The summed E-state index contributed by atoms with van der Waals surface area (Å²) in [4.78, 5) is 19.6. The van der Waals surface area contributed by atoms with Crippen LogP contribution in [0.4, 0.5) is 35.5 Å². The van der Waals surface area contributed by atoms with Gasteiger partial charge < -0.3 is 10.2 Å². The number of aryl methyl sites for hydroxylation is 1. The van der Waals surface area contributed by atoms with E-state index in [9.17, 15) is 35.5 Å². The lowest BCUT2D eigenvalue weighted by atomic mass is 9.93. The lowest BCUT2D eigenvalue weighted by molar-refractivity contribution is -0.143. The van der Waals surface area contributed by atoms with Crippen molar-refractivity contribution in [2.24, 2.45) is 0 Å². The van der Waals surface area contributed by atoms with Crippen molar-refractivity contribution in [3.8, 4) is 0 Å². The number of alkyl halides is 6. The van der Waals surface area contributed by atoms with E-state index in [1.165, 1.54) is 24.1 Å². The van der Waals surface area contributed by atoms with Crippen LogP contribution >= 0.6 is 0 Å². The Morgan fingerprint density at radius 3 is 2.23 bits per heavy atom. The normalized spacial score (nSPS) is 19.2. The second kappa shape index (κ2) is 10.0. The highest BCUT2D eigenvalue weighted by Crippen LogP contribution is 2.36. The van der Waals surface area contributed by atoms with Crippen LogP contribution < -0.4 is 5.32 Å². The van der Waals surface area contributed by atoms with E-state index in [2.05, 4.69) is 5.32 Å². The second-order valence-corrected chi connectivity index (χ2v) is 8.44. The van der Waals surface area contributed by atoms with Gasteiger partial charge in [-0.05, 0) is 60.9 Å². The third kappa shape index (κ3) is 6.43. The molecule has 1 heterocycles. The number of carbonyl (C=O) groups is 1. The van der Waals surface area contributed by atoms with Crippen molar-refractivity contribution in [3.05, 3.63) is 70.0 Å². The zero-order valence-electron chi connectivity index (χ0n) is 19.1. The first-order chi connectivity index (χ1) is 16.2. The maximum absolute atomic E-state index is 13.6. The number of hydrogen-bond donors (Lipinski definition) is 1. The van der Waals surface area contributed by atoms with Gasteiger partial charge >= 0.3 is 18.4 Å². The van der Waals surface area contributed by atoms with Crippen LogP contribution in [0.3, 0.4) is 0 Å². The van der Waals surface area contributed by atoms with Gasteiger partial charge in [0.1, 0.15) is 5.82 Å². The number of nitrogens with zero attached hydrogens (tertiary/aromatic N) is 2. The Hall–Kier alpha value is -2.86. The number of piperazine rings is 1. The van der Waals surface area contributed by atoms with Crippen LogP contribution in [0.15, 0.2) is 36.4 Å². The van der Waals surface area contributed by atoms with Gasteiger partial charge in [-0.2, -0.15) is 26.3 Å². The van der Waals surface area contributed by atoms with Gasteiger partial charge in [-0.3, -0.25) is 4.90 Å². The Balaban J connectivity index is 1.80. The van der Waals surface area contributed by atoms with Gasteiger partial charge in [0.2, 0.25) is 0 Å². The molecule has 2 atom stereocenters. The molecule has 0 aliphatic carbocycles. The molecular weight excluding hydrogens is 483 g/mol. The molecule has 1 amide bonds. The number of amides is 1. The first kappa shape index (κ1) is 26.7. The van der Waals surface area contributed by atoms with Crippen molar-refractivity contribution in [2.75, 3.05) is 20.1 Å². The van der Waals surface area contributed by atoms with E-state index in [4.69, 9.17) is 4.84 Å². The molecule has 2 unspecified atom stereocenters. The van der Waals surface area contributed by atoms with Crippen molar-refractivity contribution in [1.82, 2.24) is 15.3 Å². The Bertz CT molecular complexity index is 1040. The van der Waals surface area contributed by atoms with Crippen LogP contribution in [0.2, 0.25) is 0 Å². The van der Waals surface area contributed by atoms with Crippen LogP contribution in [0.5, 0.6) is 0 Å². The molecule has 3 rings (SSSR count). The lowest BCUT2D eigenvalue weighted by Crippen LogP contribution is -2.54. The molecule has 1 N–H and O–H groups in total. The molecular formula is C23H24F7N3O2. The molecule has 12 heteroatoms. The van der Waals surface area contributed by atoms with Gasteiger partial charge in [0, 0.05) is 26.2 Å². The summed E-state index contributed by atoms with van der Waals surface area (Å²) in [6.45, 7) is 3.67. The van der Waals surface area contributed by atoms with E-state index in [0.29, 0.717) is 29.8 Å². The van der Waals surface area contributed by atoms with Crippen LogP contribution in [-0.2, 0) is 23.7 Å². The number of hydrogen-bond acceptors (Lipinski definition) is 4. The second-order valence-electron chi connectivity index (χ2n) is 8.44. The molecule has 192 valence electrons. The smallest absolute Gasteiger partial charge is 0.351 e. The van der Waals surface area contributed by atoms with E-state index >= 15 is 0 Å². The molecule has 5 nitrogen and oxygen atoms in total. The Kier molecular flexibility index (Phi) is 7.65. The number of carbonyl (C=O) groups excluding carboxylic acids is 1. The molecule has 35 heavy (non-hydrogen) atoms. The van der Waals surface area contributed by atoms with E-state index < -0.39 is 48.0 Å². The number of benzene rings is 2. The molecule has 2 aromatic carbocycles. The highest BCUT2D eigenvalue weighted by atomic mass is 19.4. The topological polar surface area (TPSA) is 44.8 Å². The average molecular weight is 507 g/mol. The van der Waals surface area contributed by atoms with Crippen molar-refractivity contribution < 1.29 is 40.4 Å². The summed E-state index contributed by atoms with van der Waals surface area (Å²) in [6.07, 6.45) is -10.8. The van der Waals surface area contributed by atoms with E-state index in [1.807, 2.05) is 6.92 Å². The first-order valence-electron chi connectivity index (χ1n) is 10.6. The zero-order valence-corrected chi connectivity index (χ0v) is 19.1. The predicted octanol–water partition coefficient (Wildman–Crippen LogP) is 5.69. The zero-order chi connectivity index (χ0) is 26.1. The quantitative estimate of drug-likeness (QED) is 0.427. The lowest BCUT2D eigenvalue weighted by Gasteiger charge is -2.41. The standard InChI is InChI=1S/C23H24F7N3O2/c1-13-8-18(24)4-5-19(13)20-14(2)31-6-7-33(20)21(34)35-32(3)12-15-9-16(22(25,26)27)11-17(10-15)23(28,29)30/h4-5,8-11,14,20,31H,6-7,12H2,1-3H3. The van der Waals surface area contributed by atoms with Crippen LogP contribution in [-0.4, -0.2) is 42.2 Å². The monoisotopic (exact) mass is 507 g/mol. The van der Waals surface area contributed by atoms with Crippen molar-refractivity contribution in [2.45, 2.75) is 44.8 Å². The SMILES string of the molecule is Cc1cc(F)ccc1C1C(C)NCCN1C(=O)ON(C)Cc1cc(C(F)(F)F)cc(C(F)(F)F)c1. The first-order valence-corrected chi connectivity index (χ1v) is 10.6. The van der Waals surface area contributed by atoms with Gasteiger partial charge in [-0.25, -0.2) is 9.18 Å². The van der Waals surface area contributed by atoms with Crippen LogP contribution in [0.1, 0.15) is 40.8 Å². The summed E-state index contributed by atoms with van der Waals surface area (Å²) >= 11 is 0. The van der Waals surface area contributed by atoms with Crippen LogP contribution in [0, 0.1) is 12.7 Å². The summed E-state index contributed by atoms with van der Waals surface area (Å²) in [7, 11) is 1.23. The van der Waals surface area contributed by atoms with Crippen LogP contribution in [0.25, 0.3) is 0 Å². The highest BCUT2D eigenvalue weighted by Gasteiger charge is 2.38. The third-order valence-corrected chi connectivity index (χ3v) is 5.70. The van der Waals surface area contributed by atoms with E-state index in [-0.39, 0.29) is 24.2 Å². The predicted molar refractivity (Wildman–Crippen MR) is 112 cm³/mol. The minimum absolute atomic E-state index is 0.0350. The van der Waals surface area contributed by atoms with Crippen molar-refractivity contribution in [3.63, 3.8) is 0 Å². The fraction of sp³-hybridized carbons (Fsp3) is 0.435. The molecule has 1 aliphatic heterocycles. The maximum Gasteiger partial charge on any atom is 0.429 e. The Morgan fingerprint density at radius 2 is 1.69 bits per heavy atom. The largest absolute Gasteiger partial charge is 0.429 e. The number of rotatable bonds is 4. The minimum atomic E-state index is -4.98. The fourth-order valence-electron chi connectivity index (χ4n) is 4.13. The molecule has 1 fully saturated rings. The fourth-order valence-corrected chi connectivity index (χ4v) is 4.13. The average Bonchev–Trinajstić information content (AvgIpc) is 2.72. The van der Waals surface area contributed by atoms with Gasteiger partial charge in [0.05, 0.1) is 23.7 Å². The molecule has 0 bridgehead atoms. The number of nitrogens with one attached hydrogen (secondary N) is 1. The molecule has 2 aromatic rings. The number of halogens is 7. The van der Waals surface area contributed by atoms with E-state index in [1.54, 1.807) is 13.0 Å². The summed E-state index contributed by atoms with van der Waals surface area (Å²) in [5.41, 5.74) is -1.95. The van der Waals surface area contributed by atoms with Gasteiger partial charge in [-0.1, -0.05) is 6.07 Å². The van der Waals surface area contributed by atoms with Gasteiger partial charge in [0.15, 0.2) is 0 Å². The van der Waals surface area contributed by atoms with Crippen molar-refractivity contribution in [1.29, 1.82) is 0 Å². The van der Waals surface area contributed by atoms with E-state index in [0.717, 1.165) is 5.06 Å². The highest BCUT2D eigenvalue weighted by molar-refractivity contribution is 5.68. The molecule has 0 spiro atoms. The molecule has 0 aromatic heterocycles. The minimum Gasteiger partial charge on any atom is -0.351 e. The molecule has 0 saturated carbocycles. The maximum atomic E-state index is 13.6. The van der Waals surface area contributed by atoms with Gasteiger partial charge in [0.25, 0.3) is 0 Å². The molecule has 0 radical (unpaired) electrons. The number of hydroxylamine groups is 2. The molecule has 1 aliphatic rings. The molecule has 1 saturated heterocycles.